The highest BCUT2D eigenvalue weighted by Crippen LogP contribution is 2.52. The summed E-state index contributed by atoms with van der Waals surface area (Å²) in [7, 11) is -2.87. The predicted octanol–water partition coefficient (Wildman–Crippen LogP) is 5.69. The Morgan fingerprint density at radius 2 is 2.02 bits per heavy atom. The molecular weight excluding hydrogens is 556 g/mol. The van der Waals surface area contributed by atoms with Crippen LogP contribution in [0.3, 0.4) is 0 Å². The van der Waals surface area contributed by atoms with E-state index in [1.807, 2.05) is 37.3 Å². The summed E-state index contributed by atoms with van der Waals surface area (Å²) >= 11 is 6.40. The zero-order chi connectivity index (χ0) is 29.0. The van der Waals surface area contributed by atoms with E-state index in [1.165, 1.54) is 11.1 Å². The third-order valence-electron chi connectivity index (χ3n) is 10.4. The van der Waals surface area contributed by atoms with Gasteiger partial charge in [-0.3, -0.25) is 9.52 Å². The molecule has 0 aromatic heterocycles. The number of aryl methyl sites for hydroxylation is 1. The maximum Gasteiger partial charge on any atom is 0.262 e. The minimum absolute atomic E-state index is 0.226. The average molecular weight is 597 g/mol. The Balaban J connectivity index is 1.44. The number of carbonyl (C=O) groups excluding carboxylic acids is 1. The lowest BCUT2D eigenvalue weighted by atomic mass is 9.58. The molecule has 6 nitrogen and oxygen atoms in total. The molecule has 1 fully saturated rings. The molecule has 1 unspecified atom stereocenters. The Morgan fingerprint density at radius 3 is 2.80 bits per heavy atom. The van der Waals surface area contributed by atoms with E-state index in [9.17, 15) is 14.1 Å². The van der Waals surface area contributed by atoms with Crippen LogP contribution in [0.5, 0.6) is 5.75 Å². The molecule has 0 radical (unpaired) electrons. The summed E-state index contributed by atoms with van der Waals surface area (Å²) in [5.74, 6) is 4.53. The first-order valence-corrected chi connectivity index (χ1v) is 17.0. The van der Waals surface area contributed by atoms with Crippen LogP contribution in [0, 0.1) is 11.3 Å². The lowest BCUT2D eigenvalue weighted by Gasteiger charge is -2.52. The molecule has 6 atom stereocenters. The predicted molar refractivity (Wildman–Crippen MR) is 168 cm³/mol. The second kappa shape index (κ2) is 10.7. The average Bonchev–Trinajstić information content (AvgIpc) is 3.08. The zero-order valence-corrected chi connectivity index (χ0v) is 25.6. The number of aliphatic hydroxyl groups excluding tert-OH is 1. The molecule has 4 aliphatic rings. The molecule has 2 N–H and O–H groups in total. The van der Waals surface area contributed by atoms with E-state index in [-0.39, 0.29) is 27.9 Å². The fourth-order valence-corrected chi connectivity index (χ4v) is 8.64. The molecule has 220 valence electrons. The molecule has 2 aliphatic heterocycles. The number of nitrogens with zero attached hydrogens (tertiary/aromatic N) is 1. The Kier molecular flexibility index (Phi) is 7.44. The highest BCUT2D eigenvalue weighted by Gasteiger charge is 2.49. The minimum Gasteiger partial charge on any atom is -0.490 e. The van der Waals surface area contributed by atoms with Gasteiger partial charge in [-0.05, 0) is 105 Å². The number of ether oxygens (including phenoxy) is 1. The van der Waals surface area contributed by atoms with Gasteiger partial charge in [0.1, 0.15) is 5.75 Å². The molecular formula is C33H41ClN2O4S. The number of benzene rings is 2. The van der Waals surface area contributed by atoms with Crippen LogP contribution in [0.25, 0.3) is 0 Å². The number of hydrogen-bond acceptors (Lipinski definition) is 5. The number of nitrogens with one attached hydrogen (secondary N) is 1. The smallest absolute Gasteiger partial charge is 0.262 e. The molecule has 1 saturated carbocycles. The minimum atomic E-state index is -2.87. The zero-order valence-electron chi connectivity index (χ0n) is 24.0. The van der Waals surface area contributed by atoms with Crippen molar-refractivity contribution in [3.8, 4) is 5.75 Å². The SMILES string of the molecule is C=S1(=O)NC(=O)c2ccc3c(c2)N(C[C@H]2CC[C@]2(C)[C@@H](O)/C=C/CC[C@H]1C)C[C@@]1(CCCc2cc(Cl)ccc21)CO3. The van der Waals surface area contributed by atoms with Crippen LogP contribution in [0.1, 0.15) is 73.9 Å². The molecule has 41 heavy (non-hydrogen) atoms. The van der Waals surface area contributed by atoms with Crippen molar-refractivity contribution in [2.45, 2.75) is 75.6 Å². The quantitative estimate of drug-likeness (QED) is 0.302. The van der Waals surface area contributed by atoms with Gasteiger partial charge in [-0.15, -0.1) is 0 Å². The van der Waals surface area contributed by atoms with E-state index >= 15 is 0 Å². The Morgan fingerprint density at radius 1 is 1.20 bits per heavy atom. The molecule has 2 heterocycles. The number of carbonyl (C=O) groups is 1. The number of hydrogen-bond donors (Lipinski definition) is 2. The van der Waals surface area contributed by atoms with E-state index in [4.69, 9.17) is 16.3 Å². The van der Waals surface area contributed by atoms with Gasteiger partial charge in [0.2, 0.25) is 0 Å². The number of amides is 1. The van der Waals surface area contributed by atoms with Crippen LogP contribution < -0.4 is 14.4 Å². The van der Waals surface area contributed by atoms with E-state index in [1.54, 1.807) is 6.07 Å². The standard InChI is InChI=1S/C33H41ClN2O4S/c1-22-7-4-5-9-30(37)32(2)16-14-25(32)19-36-20-33(15-6-8-23-17-26(34)11-12-27(23)33)21-40-29-13-10-24(18-28(29)36)31(38)35-41(22,3)39/h5,9-13,17-18,22,25,30,37H,3-4,6-8,14-16,19-21H2,1-2H3,(H,35,38,39)/b9-5+/t22-,25-,30+,32+,33+,41?/m1/s1. The maximum atomic E-state index is 13.4. The highest BCUT2D eigenvalue weighted by molar-refractivity contribution is 7.99. The third-order valence-corrected chi connectivity index (χ3v) is 12.7. The summed E-state index contributed by atoms with van der Waals surface area (Å²) in [5, 5.41) is 11.8. The van der Waals surface area contributed by atoms with Gasteiger partial charge in [0.25, 0.3) is 5.91 Å². The molecule has 0 saturated heterocycles. The lowest BCUT2D eigenvalue weighted by molar-refractivity contribution is -0.0469. The van der Waals surface area contributed by atoms with Crippen molar-refractivity contribution in [3.05, 3.63) is 70.3 Å². The molecule has 1 spiro atoms. The molecule has 2 aromatic carbocycles. The highest BCUT2D eigenvalue weighted by atomic mass is 35.5. The van der Waals surface area contributed by atoms with Gasteiger partial charge in [0.05, 0.1) is 28.1 Å². The van der Waals surface area contributed by atoms with Crippen LogP contribution in [0.4, 0.5) is 5.69 Å². The number of rotatable bonds is 0. The van der Waals surface area contributed by atoms with Crippen molar-refractivity contribution in [3.63, 3.8) is 0 Å². The van der Waals surface area contributed by atoms with Crippen LogP contribution >= 0.6 is 11.6 Å². The van der Waals surface area contributed by atoms with Crippen molar-refractivity contribution in [2.24, 2.45) is 11.3 Å². The van der Waals surface area contributed by atoms with Gasteiger partial charge < -0.3 is 14.7 Å². The van der Waals surface area contributed by atoms with Crippen molar-refractivity contribution in [2.75, 3.05) is 24.6 Å². The lowest BCUT2D eigenvalue weighted by Crippen LogP contribution is -2.53. The van der Waals surface area contributed by atoms with Gasteiger partial charge in [-0.2, -0.15) is 0 Å². The van der Waals surface area contributed by atoms with Crippen molar-refractivity contribution < 1.29 is 18.8 Å². The second-order valence-electron chi connectivity index (χ2n) is 12.9. The molecule has 2 bridgehead atoms. The van der Waals surface area contributed by atoms with Crippen LogP contribution in [0.15, 0.2) is 48.6 Å². The van der Waals surface area contributed by atoms with Crippen molar-refractivity contribution in [1.82, 2.24) is 4.72 Å². The molecule has 2 aromatic rings. The first-order chi connectivity index (χ1) is 19.5. The van der Waals surface area contributed by atoms with E-state index in [0.29, 0.717) is 25.0 Å². The summed E-state index contributed by atoms with van der Waals surface area (Å²) < 4.78 is 22.7. The number of anilines is 1. The fraction of sp³-hybridized carbons (Fsp3) is 0.515. The maximum absolute atomic E-state index is 13.4. The third kappa shape index (κ3) is 5.19. The summed E-state index contributed by atoms with van der Waals surface area (Å²) in [4.78, 5) is 15.8. The second-order valence-corrected chi connectivity index (χ2v) is 15.8. The van der Waals surface area contributed by atoms with Gasteiger partial charge in [0.15, 0.2) is 0 Å². The summed E-state index contributed by atoms with van der Waals surface area (Å²) in [5.41, 5.74) is 3.40. The van der Waals surface area contributed by atoms with Crippen molar-refractivity contribution in [1.29, 1.82) is 0 Å². The van der Waals surface area contributed by atoms with Gasteiger partial charge in [-0.25, -0.2) is 4.21 Å². The Labute approximate surface area is 249 Å². The van der Waals surface area contributed by atoms with E-state index in [2.05, 4.69) is 34.5 Å². The summed E-state index contributed by atoms with van der Waals surface area (Å²) in [6, 6.07) is 11.7. The van der Waals surface area contributed by atoms with Crippen LogP contribution in [-0.4, -0.2) is 52.1 Å². The van der Waals surface area contributed by atoms with Gasteiger partial charge in [0, 0.05) is 39.8 Å². The Hall–Kier alpha value is -2.48. The number of halogens is 1. The van der Waals surface area contributed by atoms with E-state index < -0.39 is 15.8 Å². The molecule has 6 rings (SSSR count). The number of fused-ring (bicyclic) bond motifs is 4. The molecule has 8 heteroatoms. The van der Waals surface area contributed by atoms with E-state index in [0.717, 1.165) is 61.7 Å². The summed E-state index contributed by atoms with van der Waals surface area (Å²) in [6.45, 7) is 6.07. The topological polar surface area (TPSA) is 78.9 Å². The molecule has 2 aliphatic carbocycles. The summed E-state index contributed by atoms with van der Waals surface area (Å²) in [6.07, 6.45) is 9.64. The monoisotopic (exact) mass is 596 g/mol. The first-order valence-electron chi connectivity index (χ1n) is 14.8. The van der Waals surface area contributed by atoms with Crippen LogP contribution in [0.2, 0.25) is 5.02 Å². The largest absolute Gasteiger partial charge is 0.490 e. The Bertz CT molecular complexity index is 1490. The van der Waals surface area contributed by atoms with Gasteiger partial charge >= 0.3 is 0 Å². The number of allylic oxidation sites excluding steroid dienone is 1. The fourth-order valence-electron chi connectivity index (χ4n) is 7.30. The molecule has 1 amide bonds. The van der Waals surface area contributed by atoms with Crippen LogP contribution in [-0.2, 0) is 21.5 Å². The number of aliphatic hydroxyl groups is 1. The van der Waals surface area contributed by atoms with Gasteiger partial charge in [-0.1, -0.05) is 36.7 Å². The van der Waals surface area contributed by atoms with Crippen molar-refractivity contribution >= 4 is 38.8 Å². The first kappa shape index (κ1) is 28.6. The normalized spacial score (nSPS) is 36.1.